The molecule has 128 valence electrons. The Kier molecular flexibility index (Phi) is 4.71. The minimum Gasteiger partial charge on any atom is -0.355 e. The molecule has 1 fully saturated rings. The van der Waals surface area contributed by atoms with Crippen molar-refractivity contribution in [2.24, 2.45) is 5.92 Å². The average Bonchev–Trinajstić information content (AvgIpc) is 2.55. The second-order valence-corrected chi connectivity index (χ2v) is 7.99. The number of hydrogen-bond donors (Lipinski definition) is 1. The molecule has 2 aromatic rings. The first-order valence-corrected chi connectivity index (χ1v) is 9.61. The van der Waals surface area contributed by atoms with Gasteiger partial charge >= 0.3 is 0 Å². The van der Waals surface area contributed by atoms with E-state index in [1.54, 1.807) is 31.2 Å². The fourth-order valence-electron chi connectivity index (χ4n) is 3.00. The zero-order chi connectivity index (χ0) is 17.2. The van der Waals surface area contributed by atoms with Crippen LogP contribution in [0.25, 0.3) is 0 Å². The number of nitrogens with one attached hydrogen (secondary N) is 1. The van der Waals surface area contributed by atoms with Crippen LogP contribution in [-0.2, 0) is 10.0 Å². The SMILES string of the molecule is Cc1ccccc1S(=O)(=O)Nc1ccc(N2CCCC(C)C2)nn1. The Morgan fingerprint density at radius 1 is 1.17 bits per heavy atom. The highest BCUT2D eigenvalue weighted by Crippen LogP contribution is 2.22. The molecule has 1 aromatic carbocycles. The molecule has 0 radical (unpaired) electrons. The predicted octanol–water partition coefficient (Wildman–Crippen LogP) is 2.82. The second kappa shape index (κ2) is 6.76. The van der Waals surface area contributed by atoms with E-state index in [-0.39, 0.29) is 10.7 Å². The molecule has 1 unspecified atom stereocenters. The van der Waals surface area contributed by atoms with Crippen molar-refractivity contribution in [1.29, 1.82) is 0 Å². The lowest BCUT2D eigenvalue weighted by Crippen LogP contribution is -2.34. The van der Waals surface area contributed by atoms with E-state index in [1.807, 2.05) is 12.1 Å². The van der Waals surface area contributed by atoms with Crippen molar-refractivity contribution in [1.82, 2.24) is 10.2 Å². The first-order valence-electron chi connectivity index (χ1n) is 8.13. The molecule has 1 saturated heterocycles. The maximum Gasteiger partial charge on any atom is 0.263 e. The van der Waals surface area contributed by atoms with E-state index in [0.29, 0.717) is 11.5 Å². The summed E-state index contributed by atoms with van der Waals surface area (Å²) < 4.78 is 27.4. The Labute approximate surface area is 143 Å². The highest BCUT2D eigenvalue weighted by Gasteiger charge is 2.19. The summed E-state index contributed by atoms with van der Waals surface area (Å²) in [5.41, 5.74) is 0.692. The molecule has 3 rings (SSSR count). The van der Waals surface area contributed by atoms with Crippen LogP contribution in [0.15, 0.2) is 41.3 Å². The van der Waals surface area contributed by atoms with Gasteiger partial charge in [0.1, 0.15) is 0 Å². The molecule has 0 saturated carbocycles. The average molecular weight is 346 g/mol. The maximum absolute atomic E-state index is 12.5. The number of nitrogens with zero attached hydrogens (tertiary/aromatic N) is 3. The summed E-state index contributed by atoms with van der Waals surface area (Å²) in [5, 5.41) is 8.22. The molecule has 2 heterocycles. The van der Waals surface area contributed by atoms with Crippen molar-refractivity contribution in [3.8, 4) is 0 Å². The summed E-state index contributed by atoms with van der Waals surface area (Å²) in [6.45, 7) is 5.92. The summed E-state index contributed by atoms with van der Waals surface area (Å²) in [6, 6.07) is 10.3. The van der Waals surface area contributed by atoms with Crippen LogP contribution >= 0.6 is 0 Å². The first kappa shape index (κ1) is 16.7. The standard InChI is InChI=1S/C17H22N4O2S/c1-13-6-5-11-21(12-13)17-10-9-16(18-19-17)20-24(22,23)15-8-4-3-7-14(15)2/h3-4,7-10,13H,5-6,11-12H2,1-2H3,(H,18,20). The third-order valence-electron chi connectivity index (χ3n) is 4.25. The zero-order valence-corrected chi connectivity index (χ0v) is 14.8. The summed E-state index contributed by atoms with van der Waals surface area (Å²) in [6.07, 6.45) is 2.38. The van der Waals surface area contributed by atoms with Crippen LogP contribution in [0, 0.1) is 12.8 Å². The molecule has 1 aliphatic heterocycles. The van der Waals surface area contributed by atoms with Gasteiger partial charge in [0.2, 0.25) is 0 Å². The van der Waals surface area contributed by atoms with E-state index in [0.717, 1.165) is 25.3 Å². The molecule has 1 aromatic heterocycles. The third-order valence-corrected chi connectivity index (χ3v) is 5.77. The molecular weight excluding hydrogens is 324 g/mol. The number of aryl methyl sites for hydroxylation is 1. The van der Waals surface area contributed by atoms with Crippen LogP contribution in [0.4, 0.5) is 11.6 Å². The number of benzene rings is 1. The molecule has 1 aliphatic rings. The molecular formula is C17H22N4O2S. The monoisotopic (exact) mass is 346 g/mol. The molecule has 0 aliphatic carbocycles. The molecule has 7 heteroatoms. The number of hydrogen-bond acceptors (Lipinski definition) is 5. The van der Waals surface area contributed by atoms with Crippen molar-refractivity contribution < 1.29 is 8.42 Å². The van der Waals surface area contributed by atoms with Gasteiger partial charge in [-0.1, -0.05) is 25.1 Å². The fourth-order valence-corrected chi connectivity index (χ4v) is 4.24. The van der Waals surface area contributed by atoms with Crippen molar-refractivity contribution in [3.05, 3.63) is 42.0 Å². The van der Waals surface area contributed by atoms with Crippen molar-refractivity contribution >= 4 is 21.7 Å². The Hall–Kier alpha value is -2.15. The minimum absolute atomic E-state index is 0.229. The smallest absolute Gasteiger partial charge is 0.263 e. The highest BCUT2D eigenvalue weighted by molar-refractivity contribution is 7.92. The van der Waals surface area contributed by atoms with Gasteiger partial charge in [0.15, 0.2) is 11.6 Å². The third kappa shape index (κ3) is 3.67. The quantitative estimate of drug-likeness (QED) is 0.921. The van der Waals surface area contributed by atoms with Crippen LogP contribution in [0.3, 0.4) is 0 Å². The highest BCUT2D eigenvalue weighted by atomic mass is 32.2. The topological polar surface area (TPSA) is 75.2 Å². The Morgan fingerprint density at radius 2 is 1.96 bits per heavy atom. The lowest BCUT2D eigenvalue weighted by atomic mass is 10.0. The van der Waals surface area contributed by atoms with Crippen LogP contribution in [0.5, 0.6) is 0 Å². The van der Waals surface area contributed by atoms with Crippen LogP contribution < -0.4 is 9.62 Å². The van der Waals surface area contributed by atoms with Gasteiger partial charge in [0.25, 0.3) is 10.0 Å². The molecule has 1 N–H and O–H groups in total. The molecule has 0 spiro atoms. The molecule has 1 atom stereocenters. The van der Waals surface area contributed by atoms with E-state index in [9.17, 15) is 8.42 Å². The van der Waals surface area contributed by atoms with Gasteiger partial charge in [0, 0.05) is 13.1 Å². The summed E-state index contributed by atoms with van der Waals surface area (Å²) >= 11 is 0. The van der Waals surface area contributed by atoms with Crippen molar-refractivity contribution in [2.45, 2.75) is 31.6 Å². The largest absolute Gasteiger partial charge is 0.355 e. The minimum atomic E-state index is -3.66. The molecule has 0 amide bonds. The van der Waals surface area contributed by atoms with Crippen LogP contribution in [0.1, 0.15) is 25.3 Å². The fraction of sp³-hybridized carbons (Fsp3) is 0.412. The van der Waals surface area contributed by atoms with E-state index in [4.69, 9.17) is 0 Å². The predicted molar refractivity (Wildman–Crippen MR) is 94.6 cm³/mol. The maximum atomic E-state index is 12.5. The Balaban J connectivity index is 1.75. The van der Waals surface area contributed by atoms with Gasteiger partial charge < -0.3 is 4.90 Å². The van der Waals surface area contributed by atoms with Gasteiger partial charge in [-0.3, -0.25) is 4.72 Å². The number of anilines is 2. The van der Waals surface area contributed by atoms with Crippen LogP contribution in [-0.4, -0.2) is 31.7 Å². The Morgan fingerprint density at radius 3 is 2.62 bits per heavy atom. The van der Waals surface area contributed by atoms with Gasteiger partial charge in [-0.05, 0) is 49.4 Å². The molecule has 24 heavy (non-hydrogen) atoms. The normalized spacial score (nSPS) is 18.4. The lowest BCUT2D eigenvalue weighted by Gasteiger charge is -2.31. The Bertz CT molecular complexity index is 806. The zero-order valence-electron chi connectivity index (χ0n) is 13.9. The number of aromatic nitrogens is 2. The van der Waals surface area contributed by atoms with Gasteiger partial charge in [-0.25, -0.2) is 8.42 Å². The van der Waals surface area contributed by atoms with E-state index >= 15 is 0 Å². The first-order chi connectivity index (χ1) is 11.5. The van der Waals surface area contributed by atoms with Gasteiger partial charge in [0.05, 0.1) is 4.90 Å². The lowest BCUT2D eigenvalue weighted by molar-refractivity contribution is 0.444. The summed E-state index contributed by atoms with van der Waals surface area (Å²) in [5.74, 6) is 1.66. The molecule has 0 bridgehead atoms. The summed E-state index contributed by atoms with van der Waals surface area (Å²) in [7, 11) is -3.66. The second-order valence-electron chi connectivity index (χ2n) is 6.34. The number of piperidine rings is 1. The van der Waals surface area contributed by atoms with Gasteiger partial charge in [-0.2, -0.15) is 0 Å². The van der Waals surface area contributed by atoms with Crippen LogP contribution in [0.2, 0.25) is 0 Å². The number of rotatable bonds is 4. The van der Waals surface area contributed by atoms with E-state index in [2.05, 4.69) is 26.7 Å². The van der Waals surface area contributed by atoms with Crippen molar-refractivity contribution in [3.63, 3.8) is 0 Å². The van der Waals surface area contributed by atoms with E-state index < -0.39 is 10.0 Å². The number of sulfonamides is 1. The molecule has 6 nitrogen and oxygen atoms in total. The van der Waals surface area contributed by atoms with E-state index in [1.165, 1.54) is 6.42 Å². The van der Waals surface area contributed by atoms with Crippen molar-refractivity contribution in [2.75, 3.05) is 22.7 Å². The summed E-state index contributed by atoms with van der Waals surface area (Å²) in [4.78, 5) is 2.45. The van der Waals surface area contributed by atoms with Gasteiger partial charge in [-0.15, -0.1) is 10.2 Å².